The molecule has 3 rings (SSSR count). The zero-order chi connectivity index (χ0) is 26.5. The van der Waals surface area contributed by atoms with E-state index >= 15 is 0 Å². The molecule has 36 heavy (non-hydrogen) atoms. The predicted molar refractivity (Wildman–Crippen MR) is 129 cm³/mol. The standard InChI is InChI=1S/C25H28F3N3O4S/c1-3-36(34,35)30-15-20-10-11-31(16-20)24(33)22-9-6-19(12-17(22)2)13-23(32)29-14-18-4-7-21(8-5-18)25(26,27)28/h3-9,12,20,30H,1,10-11,13-16H2,2H3,(H,29,32)/t20-/m1/s1. The molecule has 0 radical (unpaired) electrons. The minimum absolute atomic E-state index is 0.0108. The number of rotatable bonds is 9. The van der Waals surface area contributed by atoms with Crippen LogP contribution in [0.1, 0.15) is 39.0 Å². The maximum Gasteiger partial charge on any atom is 0.416 e. The average Bonchev–Trinajstić information content (AvgIpc) is 3.30. The van der Waals surface area contributed by atoms with Crippen molar-refractivity contribution in [2.45, 2.75) is 32.5 Å². The second kappa shape index (κ2) is 11.3. The summed E-state index contributed by atoms with van der Waals surface area (Å²) >= 11 is 0. The number of benzene rings is 2. The summed E-state index contributed by atoms with van der Waals surface area (Å²) in [5.74, 6) is -0.436. The molecule has 1 heterocycles. The van der Waals surface area contributed by atoms with E-state index in [4.69, 9.17) is 0 Å². The number of carbonyl (C=O) groups is 2. The Hall–Kier alpha value is -3.18. The van der Waals surface area contributed by atoms with Crippen LogP contribution in [0.2, 0.25) is 0 Å². The molecule has 2 amide bonds. The quantitative estimate of drug-likeness (QED) is 0.527. The first kappa shape index (κ1) is 27.4. The van der Waals surface area contributed by atoms with Gasteiger partial charge in [-0.25, -0.2) is 13.1 Å². The number of sulfonamides is 1. The lowest BCUT2D eigenvalue weighted by atomic mass is 10.0. The number of alkyl halides is 3. The molecule has 0 aromatic heterocycles. The fourth-order valence-electron chi connectivity index (χ4n) is 3.98. The molecule has 0 unspecified atom stereocenters. The maximum absolute atomic E-state index is 13.0. The minimum Gasteiger partial charge on any atom is -0.352 e. The van der Waals surface area contributed by atoms with Gasteiger partial charge in [-0.15, -0.1) is 0 Å². The van der Waals surface area contributed by atoms with Crippen molar-refractivity contribution in [3.63, 3.8) is 0 Å². The van der Waals surface area contributed by atoms with E-state index in [-0.39, 0.29) is 37.2 Å². The highest BCUT2D eigenvalue weighted by Gasteiger charge is 2.30. The molecule has 0 saturated carbocycles. The van der Waals surface area contributed by atoms with Crippen molar-refractivity contribution in [3.05, 3.63) is 82.3 Å². The van der Waals surface area contributed by atoms with Gasteiger partial charge in [0, 0.05) is 37.2 Å². The van der Waals surface area contributed by atoms with E-state index in [2.05, 4.69) is 16.6 Å². The van der Waals surface area contributed by atoms with Crippen LogP contribution in [0.3, 0.4) is 0 Å². The first-order chi connectivity index (χ1) is 16.9. The molecule has 11 heteroatoms. The summed E-state index contributed by atoms with van der Waals surface area (Å²) in [6, 6.07) is 9.73. The molecule has 0 aliphatic carbocycles. The summed E-state index contributed by atoms with van der Waals surface area (Å²) in [6.07, 6.45) is -3.66. The molecule has 0 spiro atoms. The molecule has 2 aromatic carbocycles. The smallest absolute Gasteiger partial charge is 0.352 e. The van der Waals surface area contributed by atoms with Crippen molar-refractivity contribution in [2.75, 3.05) is 19.6 Å². The van der Waals surface area contributed by atoms with Crippen molar-refractivity contribution in [1.29, 1.82) is 0 Å². The molecule has 1 fully saturated rings. The molecule has 0 bridgehead atoms. The van der Waals surface area contributed by atoms with Gasteiger partial charge in [-0.1, -0.05) is 30.8 Å². The first-order valence-corrected chi connectivity index (χ1v) is 12.9. The number of nitrogens with zero attached hydrogens (tertiary/aromatic N) is 1. The van der Waals surface area contributed by atoms with Crippen molar-refractivity contribution < 1.29 is 31.2 Å². The van der Waals surface area contributed by atoms with Crippen LogP contribution in [0, 0.1) is 12.8 Å². The lowest BCUT2D eigenvalue weighted by molar-refractivity contribution is -0.137. The summed E-state index contributed by atoms with van der Waals surface area (Å²) in [6.45, 7) is 6.33. The lowest BCUT2D eigenvalue weighted by Gasteiger charge is -2.18. The van der Waals surface area contributed by atoms with Gasteiger partial charge >= 0.3 is 6.18 Å². The zero-order valence-electron chi connectivity index (χ0n) is 19.8. The summed E-state index contributed by atoms with van der Waals surface area (Å²) in [5, 5.41) is 3.54. The zero-order valence-corrected chi connectivity index (χ0v) is 20.6. The second-order valence-corrected chi connectivity index (χ2v) is 10.5. The highest BCUT2D eigenvalue weighted by atomic mass is 32.2. The monoisotopic (exact) mass is 523 g/mol. The van der Waals surface area contributed by atoms with Gasteiger partial charge in [0.25, 0.3) is 5.91 Å². The number of nitrogens with one attached hydrogen (secondary N) is 2. The van der Waals surface area contributed by atoms with Crippen LogP contribution in [-0.4, -0.2) is 44.8 Å². The Balaban J connectivity index is 1.52. The normalized spacial score (nSPS) is 16.1. The van der Waals surface area contributed by atoms with Crippen LogP contribution < -0.4 is 10.0 Å². The lowest BCUT2D eigenvalue weighted by Crippen LogP contribution is -2.32. The van der Waals surface area contributed by atoms with Gasteiger partial charge in [-0.3, -0.25) is 9.59 Å². The third kappa shape index (κ3) is 7.41. The van der Waals surface area contributed by atoms with Crippen LogP contribution in [0.15, 0.2) is 54.5 Å². The number of hydrogen-bond acceptors (Lipinski definition) is 4. The van der Waals surface area contributed by atoms with Crippen molar-refractivity contribution in [2.24, 2.45) is 5.92 Å². The van der Waals surface area contributed by atoms with Gasteiger partial charge in [-0.2, -0.15) is 13.2 Å². The first-order valence-electron chi connectivity index (χ1n) is 11.3. The van der Waals surface area contributed by atoms with E-state index in [1.807, 2.05) is 0 Å². The number of halogens is 3. The largest absolute Gasteiger partial charge is 0.416 e. The molecule has 194 valence electrons. The predicted octanol–water partition coefficient (Wildman–Crippen LogP) is 3.40. The summed E-state index contributed by atoms with van der Waals surface area (Å²) < 4.78 is 63.5. The third-order valence-corrected chi connectivity index (χ3v) is 7.03. The van der Waals surface area contributed by atoms with Crippen LogP contribution in [0.25, 0.3) is 0 Å². The fourth-order valence-corrected chi connectivity index (χ4v) is 4.57. The molecule has 7 nitrogen and oxygen atoms in total. The van der Waals surface area contributed by atoms with Crippen LogP contribution >= 0.6 is 0 Å². The maximum atomic E-state index is 13.0. The molecule has 2 aromatic rings. The van der Waals surface area contributed by atoms with Crippen LogP contribution in [0.4, 0.5) is 13.2 Å². The van der Waals surface area contributed by atoms with Gasteiger partial charge in [0.05, 0.1) is 12.0 Å². The number of hydrogen-bond donors (Lipinski definition) is 2. The Morgan fingerprint density at radius 3 is 2.42 bits per heavy atom. The van der Waals surface area contributed by atoms with E-state index in [1.54, 1.807) is 30.0 Å². The summed E-state index contributed by atoms with van der Waals surface area (Å²) in [4.78, 5) is 27.0. The highest BCUT2D eigenvalue weighted by Crippen LogP contribution is 2.29. The summed E-state index contributed by atoms with van der Waals surface area (Å²) in [7, 11) is -3.51. The second-order valence-electron chi connectivity index (χ2n) is 8.76. The number of aryl methyl sites for hydroxylation is 1. The van der Waals surface area contributed by atoms with Gasteiger partial charge < -0.3 is 10.2 Å². The van der Waals surface area contributed by atoms with Crippen LogP contribution in [-0.2, 0) is 34.0 Å². The summed E-state index contributed by atoms with van der Waals surface area (Å²) in [5.41, 5.74) is 1.73. The molecule has 1 aliphatic heterocycles. The SMILES string of the molecule is C=CS(=O)(=O)NC[C@H]1CCN(C(=O)c2ccc(CC(=O)NCc3ccc(C(F)(F)F)cc3)cc2C)C1. The molecule has 1 atom stereocenters. The van der Waals surface area contributed by atoms with E-state index in [1.165, 1.54) is 12.1 Å². The molecular formula is C25H28F3N3O4S. The molecule has 1 aliphatic rings. The van der Waals surface area contributed by atoms with Crippen molar-refractivity contribution >= 4 is 21.8 Å². The Bertz CT molecular complexity index is 1230. The highest BCUT2D eigenvalue weighted by molar-refractivity contribution is 7.92. The third-order valence-electron chi connectivity index (χ3n) is 6.02. The topological polar surface area (TPSA) is 95.6 Å². The van der Waals surface area contributed by atoms with Gasteiger partial charge in [0.1, 0.15) is 0 Å². The fraction of sp³-hybridized carbons (Fsp3) is 0.360. The Morgan fingerprint density at radius 2 is 1.81 bits per heavy atom. The van der Waals surface area contributed by atoms with Crippen molar-refractivity contribution in [3.8, 4) is 0 Å². The van der Waals surface area contributed by atoms with E-state index < -0.39 is 21.8 Å². The van der Waals surface area contributed by atoms with Crippen LogP contribution in [0.5, 0.6) is 0 Å². The van der Waals surface area contributed by atoms with Gasteiger partial charge in [0.2, 0.25) is 15.9 Å². The number of carbonyl (C=O) groups excluding carboxylic acids is 2. The average molecular weight is 524 g/mol. The van der Waals surface area contributed by atoms with Gasteiger partial charge in [-0.05, 0) is 54.2 Å². The van der Waals surface area contributed by atoms with E-state index in [0.29, 0.717) is 41.8 Å². The van der Waals surface area contributed by atoms with E-state index in [0.717, 1.165) is 17.5 Å². The molecule has 1 saturated heterocycles. The Labute approximate surface area is 208 Å². The Morgan fingerprint density at radius 1 is 1.14 bits per heavy atom. The Kier molecular flexibility index (Phi) is 8.57. The van der Waals surface area contributed by atoms with Gasteiger partial charge in [0.15, 0.2) is 0 Å². The molecule has 2 N–H and O–H groups in total. The number of likely N-dealkylation sites (tertiary alicyclic amines) is 1. The van der Waals surface area contributed by atoms with Crippen molar-refractivity contribution in [1.82, 2.24) is 14.9 Å². The van der Waals surface area contributed by atoms with E-state index in [9.17, 15) is 31.2 Å². The molecular weight excluding hydrogens is 495 g/mol. The minimum atomic E-state index is -4.41. The number of amides is 2.